The molecule has 0 aliphatic carbocycles. The molecule has 23 heavy (non-hydrogen) atoms. The molecule has 0 spiro atoms. The zero-order valence-electron chi connectivity index (χ0n) is 13.4. The predicted octanol–water partition coefficient (Wildman–Crippen LogP) is 3.23. The van der Waals surface area contributed by atoms with E-state index >= 15 is 0 Å². The van der Waals surface area contributed by atoms with E-state index in [1.165, 1.54) is 6.92 Å². The SMILES string of the molecule is CCCC(=O)NCCc1nc(-c2ccc(NC(C)=O)cc2)cs1. The van der Waals surface area contributed by atoms with Crippen molar-refractivity contribution in [2.75, 3.05) is 11.9 Å². The minimum absolute atomic E-state index is 0.0844. The first-order valence-corrected chi connectivity index (χ1v) is 8.55. The number of nitrogens with one attached hydrogen (secondary N) is 2. The summed E-state index contributed by atoms with van der Waals surface area (Å²) in [5, 5.41) is 8.65. The summed E-state index contributed by atoms with van der Waals surface area (Å²) in [5.74, 6) is 0.0108. The summed E-state index contributed by atoms with van der Waals surface area (Å²) in [7, 11) is 0. The fourth-order valence-corrected chi connectivity index (χ4v) is 2.92. The fraction of sp³-hybridized carbons (Fsp3) is 0.353. The maximum Gasteiger partial charge on any atom is 0.221 e. The molecule has 2 rings (SSSR count). The second kappa shape index (κ2) is 8.43. The fourth-order valence-electron chi connectivity index (χ4n) is 2.11. The van der Waals surface area contributed by atoms with Gasteiger partial charge in [0.1, 0.15) is 0 Å². The quantitative estimate of drug-likeness (QED) is 0.818. The Labute approximate surface area is 140 Å². The lowest BCUT2D eigenvalue weighted by molar-refractivity contribution is -0.121. The number of rotatable bonds is 7. The van der Waals surface area contributed by atoms with Gasteiger partial charge in [-0.2, -0.15) is 0 Å². The largest absolute Gasteiger partial charge is 0.356 e. The molecule has 0 saturated carbocycles. The average Bonchev–Trinajstić information content (AvgIpc) is 2.96. The highest BCUT2D eigenvalue weighted by Gasteiger charge is 2.06. The van der Waals surface area contributed by atoms with Gasteiger partial charge in [-0.15, -0.1) is 11.3 Å². The van der Waals surface area contributed by atoms with Gasteiger partial charge in [-0.3, -0.25) is 9.59 Å². The average molecular weight is 331 g/mol. The van der Waals surface area contributed by atoms with Crippen molar-refractivity contribution in [2.24, 2.45) is 0 Å². The summed E-state index contributed by atoms with van der Waals surface area (Å²) in [4.78, 5) is 27.0. The predicted molar refractivity (Wildman–Crippen MR) is 93.5 cm³/mol. The van der Waals surface area contributed by atoms with E-state index in [4.69, 9.17) is 0 Å². The molecule has 0 radical (unpaired) electrons. The van der Waals surface area contributed by atoms with Gasteiger partial charge in [-0.25, -0.2) is 4.98 Å². The van der Waals surface area contributed by atoms with Gasteiger partial charge in [0.25, 0.3) is 0 Å². The molecule has 0 bridgehead atoms. The van der Waals surface area contributed by atoms with Crippen molar-refractivity contribution in [1.29, 1.82) is 0 Å². The summed E-state index contributed by atoms with van der Waals surface area (Å²) in [5.41, 5.74) is 2.70. The molecular weight excluding hydrogens is 310 g/mol. The van der Waals surface area contributed by atoms with Crippen molar-refractivity contribution >= 4 is 28.8 Å². The highest BCUT2D eigenvalue weighted by Crippen LogP contribution is 2.23. The van der Waals surface area contributed by atoms with Crippen LogP contribution in [0.3, 0.4) is 0 Å². The summed E-state index contributed by atoms with van der Waals surface area (Å²) in [6, 6.07) is 7.60. The molecule has 0 aliphatic rings. The van der Waals surface area contributed by atoms with Gasteiger partial charge < -0.3 is 10.6 Å². The zero-order valence-corrected chi connectivity index (χ0v) is 14.2. The highest BCUT2D eigenvalue weighted by molar-refractivity contribution is 7.09. The number of carbonyl (C=O) groups is 2. The summed E-state index contributed by atoms with van der Waals surface area (Å²) >= 11 is 1.59. The number of thiazole rings is 1. The van der Waals surface area contributed by atoms with Crippen molar-refractivity contribution in [2.45, 2.75) is 33.1 Å². The van der Waals surface area contributed by atoms with Gasteiger partial charge in [0.15, 0.2) is 0 Å². The molecule has 0 aliphatic heterocycles. The van der Waals surface area contributed by atoms with Crippen molar-refractivity contribution < 1.29 is 9.59 Å². The second-order valence-corrected chi connectivity index (χ2v) is 6.18. The van der Waals surface area contributed by atoms with Gasteiger partial charge in [0.2, 0.25) is 11.8 Å². The molecule has 6 heteroatoms. The Bertz CT molecular complexity index is 665. The van der Waals surface area contributed by atoms with Gasteiger partial charge in [-0.05, 0) is 18.6 Å². The van der Waals surface area contributed by atoms with Crippen molar-refractivity contribution in [1.82, 2.24) is 10.3 Å². The second-order valence-electron chi connectivity index (χ2n) is 5.23. The van der Waals surface area contributed by atoms with E-state index in [1.807, 2.05) is 36.6 Å². The molecule has 1 aromatic heterocycles. The first kappa shape index (κ1) is 17.1. The summed E-state index contributed by atoms with van der Waals surface area (Å²) in [6.45, 7) is 4.09. The van der Waals surface area contributed by atoms with Gasteiger partial charge in [0, 0.05) is 42.9 Å². The van der Waals surface area contributed by atoms with E-state index in [1.54, 1.807) is 11.3 Å². The van der Waals surface area contributed by atoms with E-state index in [0.717, 1.165) is 34.8 Å². The number of hydrogen-bond acceptors (Lipinski definition) is 4. The lowest BCUT2D eigenvalue weighted by Gasteiger charge is -2.03. The normalized spacial score (nSPS) is 10.3. The van der Waals surface area contributed by atoms with Crippen LogP contribution in [0.25, 0.3) is 11.3 Å². The number of amides is 2. The van der Waals surface area contributed by atoms with Crippen molar-refractivity contribution in [3.05, 3.63) is 34.7 Å². The molecule has 0 atom stereocenters. The van der Waals surface area contributed by atoms with Crippen LogP contribution < -0.4 is 10.6 Å². The van der Waals surface area contributed by atoms with Crippen LogP contribution in [0.2, 0.25) is 0 Å². The molecule has 2 amide bonds. The van der Waals surface area contributed by atoms with E-state index in [2.05, 4.69) is 15.6 Å². The van der Waals surface area contributed by atoms with E-state index in [0.29, 0.717) is 13.0 Å². The third-order valence-corrected chi connectivity index (χ3v) is 4.10. The van der Waals surface area contributed by atoms with E-state index in [9.17, 15) is 9.59 Å². The Kier molecular flexibility index (Phi) is 6.29. The minimum Gasteiger partial charge on any atom is -0.356 e. The van der Waals surface area contributed by atoms with Gasteiger partial charge in [0.05, 0.1) is 10.7 Å². The maximum atomic E-state index is 11.4. The van der Waals surface area contributed by atoms with E-state index in [-0.39, 0.29) is 11.8 Å². The minimum atomic E-state index is -0.0844. The number of anilines is 1. The number of benzene rings is 1. The Morgan fingerprint density at radius 3 is 2.61 bits per heavy atom. The first-order valence-electron chi connectivity index (χ1n) is 7.67. The molecule has 1 aromatic carbocycles. The lowest BCUT2D eigenvalue weighted by Crippen LogP contribution is -2.25. The highest BCUT2D eigenvalue weighted by atomic mass is 32.1. The molecule has 1 heterocycles. The van der Waals surface area contributed by atoms with Crippen LogP contribution in [0.15, 0.2) is 29.6 Å². The molecular formula is C17H21N3O2S. The summed E-state index contributed by atoms with van der Waals surface area (Å²) in [6.07, 6.45) is 2.18. The van der Waals surface area contributed by atoms with Crippen LogP contribution in [-0.2, 0) is 16.0 Å². The van der Waals surface area contributed by atoms with Crippen LogP contribution in [0, 0.1) is 0 Å². The topological polar surface area (TPSA) is 71.1 Å². The van der Waals surface area contributed by atoms with Crippen molar-refractivity contribution in [3.63, 3.8) is 0 Å². The third kappa shape index (κ3) is 5.49. The Morgan fingerprint density at radius 2 is 1.96 bits per heavy atom. The lowest BCUT2D eigenvalue weighted by atomic mass is 10.1. The van der Waals surface area contributed by atoms with Gasteiger partial charge in [-0.1, -0.05) is 19.1 Å². The smallest absolute Gasteiger partial charge is 0.221 e. The molecule has 0 unspecified atom stereocenters. The van der Waals surface area contributed by atoms with Crippen LogP contribution in [0.4, 0.5) is 5.69 Å². The van der Waals surface area contributed by atoms with Crippen LogP contribution in [0.1, 0.15) is 31.7 Å². The molecule has 2 aromatic rings. The molecule has 0 saturated heterocycles. The molecule has 122 valence electrons. The molecule has 0 fully saturated rings. The third-order valence-electron chi connectivity index (χ3n) is 3.19. The number of nitrogens with zero attached hydrogens (tertiary/aromatic N) is 1. The zero-order chi connectivity index (χ0) is 16.7. The van der Waals surface area contributed by atoms with E-state index < -0.39 is 0 Å². The monoisotopic (exact) mass is 331 g/mol. The summed E-state index contributed by atoms with van der Waals surface area (Å²) < 4.78 is 0. The van der Waals surface area contributed by atoms with Crippen LogP contribution in [-0.4, -0.2) is 23.3 Å². The maximum absolute atomic E-state index is 11.4. The number of carbonyl (C=O) groups excluding carboxylic acids is 2. The molecule has 5 nitrogen and oxygen atoms in total. The first-order chi connectivity index (χ1) is 11.1. The number of hydrogen-bond donors (Lipinski definition) is 2. The van der Waals surface area contributed by atoms with Gasteiger partial charge >= 0.3 is 0 Å². The Morgan fingerprint density at radius 1 is 1.22 bits per heavy atom. The number of aromatic nitrogens is 1. The Hall–Kier alpha value is -2.21. The molecule has 2 N–H and O–H groups in total. The standard InChI is InChI=1S/C17H21N3O2S/c1-3-4-16(22)18-10-9-17-20-15(11-23-17)13-5-7-14(8-6-13)19-12(2)21/h5-8,11H,3-4,9-10H2,1-2H3,(H,18,22)(H,19,21). The van der Waals surface area contributed by atoms with Crippen LogP contribution >= 0.6 is 11.3 Å². The Balaban J connectivity index is 1.91. The van der Waals surface area contributed by atoms with Crippen molar-refractivity contribution in [3.8, 4) is 11.3 Å². The van der Waals surface area contributed by atoms with Crippen LogP contribution in [0.5, 0.6) is 0 Å².